The summed E-state index contributed by atoms with van der Waals surface area (Å²) in [6, 6.07) is 10.2. The van der Waals surface area contributed by atoms with Crippen LogP contribution in [0.4, 0.5) is 5.69 Å². The molecule has 25 heavy (non-hydrogen) atoms. The zero-order valence-corrected chi connectivity index (χ0v) is 13.1. The molecule has 1 atom stereocenters. The van der Waals surface area contributed by atoms with Crippen LogP contribution in [0.3, 0.4) is 0 Å². The summed E-state index contributed by atoms with van der Waals surface area (Å²) in [5.41, 5.74) is 7.10. The Morgan fingerprint density at radius 3 is 2.56 bits per heavy atom. The molecule has 3 rings (SSSR count). The number of fused-ring (bicyclic) bond motifs is 1. The number of aromatic hydroxyl groups is 1. The minimum atomic E-state index is -0.667. The van der Waals surface area contributed by atoms with E-state index in [2.05, 4.69) is 0 Å². The van der Waals surface area contributed by atoms with Crippen LogP contribution in [0.15, 0.2) is 53.9 Å². The molecule has 0 amide bonds. The van der Waals surface area contributed by atoms with Crippen LogP contribution in [0.2, 0.25) is 0 Å². The lowest BCUT2D eigenvalue weighted by Crippen LogP contribution is -2.26. The number of rotatable bonds is 3. The van der Waals surface area contributed by atoms with Gasteiger partial charge in [0.25, 0.3) is 5.69 Å². The number of carbonyl (C=O) groups excluding carboxylic acids is 1. The van der Waals surface area contributed by atoms with Crippen molar-refractivity contribution in [3.8, 4) is 11.5 Å². The topological polar surface area (TPSA) is 125 Å². The third-order valence-electron chi connectivity index (χ3n) is 3.92. The first-order valence-corrected chi connectivity index (χ1v) is 7.25. The Morgan fingerprint density at radius 2 is 1.96 bits per heavy atom. The molecule has 2 aromatic rings. The zero-order chi connectivity index (χ0) is 18.1. The first-order valence-electron chi connectivity index (χ1n) is 7.25. The number of nitro groups is 1. The third kappa shape index (κ3) is 2.85. The van der Waals surface area contributed by atoms with Crippen LogP contribution in [-0.2, 0) is 9.53 Å². The van der Waals surface area contributed by atoms with Crippen molar-refractivity contribution in [2.75, 3.05) is 7.11 Å². The van der Waals surface area contributed by atoms with Gasteiger partial charge in [0.05, 0.1) is 18.0 Å². The smallest absolute Gasteiger partial charge is 0.340 e. The molecule has 0 aromatic heterocycles. The fraction of sp³-hybridized carbons (Fsp3) is 0.118. The zero-order valence-electron chi connectivity index (χ0n) is 13.1. The van der Waals surface area contributed by atoms with Gasteiger partial charge in [0, 0.05) is 23.8 Å². The Labute approximate surface area is 142 Å². The molecule has 0 bridgehead atoms. The molecular formula is C17H14N2O6. The fourth-order valence-corrected chi connectivity index (χ4v) is 2.78. The van der Waals surface area contributed by atoms with Crippen LogP contribution in [0.1, 0.15) is 17.0 Å². The number of ether oxygens (including phenoxy) is 2. The standard InChI is InChI=1S/C17H14N2O6/c1-24-17(21)15-14(9-2-4-10(5-3-9)19(22)23)12-7-6-11(20)8-13(12)25-16(15)18/h2-8,14,20H,18H2,1H3. The van der Waals surface area contributed by atoms with Crippen LogP contribution < -0.4 is 10.5 Å². The number of esters is 1. The Hall–Kier alpha value is -3.55. The minimum Gasteiger partial charge on any atom is -0.508 e. The summed E-state index contributed by atoms with van der Waals surface area (Å²) in [6.07, 6.45) is 0. The van der Waals surface area contributed by atoms with Crippen molar-refractivity contribution in [2.24, 2.45) is 5.73 Å². The highest BCUT2D eigenvalue weighted by Gasteiger charge is 2.35. The van der Waals surface area contributed by atoms with E-state index in [9.17, 15) is 20.0 Å². The molecule has 1 aliphatic heterocycles. The van der Waals surface area contributed by atoms with E-state index < -0.39 is 16.8 Å². The Balaban J connectivity index is 2.18. The maximum Gasteiger partial charge on any atom is 0.340 e. The highest BCUT2D eigenvalue weighted by molar-refractivity contribution is 5.92. The van der Waals surface area contributed by atoms with Crippen LogP contribution in [0, 0.1) is 10.1 Å². The van der Waals surface area contributed by atoms with Gasteiger partial charge in [-0.2, -0.15) is 0 Å². The molecule has 8 heteroatoms. The summed E-state index contributed by atoms with van der Waals surface area (Å²) < 4.78 is 10.2. The number of non-ortho nitro benzene ring substituents is 1. The predicted octanol–water partition coefficient (Wildman–Crippen LogP) is 2.17. The Morgan fingerprint density at radius 1 is 1.28 bits per heavy atom. The van der Waals surface area contributed by atoms with E-state index in [1.54, 1.807) is 18.2 Å². The number of nitrogens with zero attached hydrogens (tertiary/aromatic N) is 1. The molecule has 0 saturated carbocycles. The van der Waals surface area contributed by atoms with Crippen molar-refractivity contribution in [3.63, 3.8) is 0 Å². The lowest BCUT2D eigenvalue weighted by molar-refractivity contribution is -0.384. The van der Waals surface area contributed by atoms with Gasteiger partial charge in [0.2, 0.25) is 5.88 Å². The fourth-order valence-electron chi connectivity index (χ4n) is 2.78. The normalized spacial score (nSPS) is 16.0. The van der Waals surface area contributed by atoms with Gasteiger partial charge in [0.1, 0.15) is 17.1 Å². The molecular weight excluding hydrogens is 328 g/mol. The summed E-state index contributed by atoms with van der Waals surface area (Å²) in [7, 11) is 1.22. The van der Waals surface area contributed by atoms with E-state index in [-0.39, 0.29) is 22.9 Å². The number of phenolic OH excluding ortho intramolecular Hbond substituents is 1. The van der Waals surface area contributed by atoms with Crippen molar-refractivity contribution in [1.29, 1.82) is 0 Å². The maximum atomic E-state index is 12.2. The summed E-state index contributed by atoms with van der Waals surface area (Å²) in [5, 5.41) is 20.5. The molecule has 2 aromatic carbocycles. The molecule has 1 unspecified atom stereocenters. The van der Waals surface area contributed by atoms with E-state index in [0.717, 1.165) is 0 Å². The number of hydrogen-bond donors (Lipinski definition) is 2. The molecule has 0 aliphatic carbocycles. The average Bonchev–Trinajstić information content (AvgIpc) is 2.59. The van der Waals surface area contributed by atoms with Gasteiger partial charge in [-0.3, -0.25) is 10.1 Å². The molecule has 1 heterocycles. The number of carbonyl (C=O) groups is 1. The van der Waals surface area contributed by atoms with Gasteiger partial charge in [0.15, 0.2) is 0 Å². The molecule has 0 spiro atoms. The number of methoxy groups -OCH3 is 1. The highest BCUT2D eigenvalue weighted by atomic mass is 16.6. The van der Waals surface area contributed by atoms with E-state index >= 15 is 0 Å². The van der Waals surface area contributed by atoms with Crippen LogP contribution in [0.5, 0.6) is 11.5 Å². The summed E-state index contributed by atoms with van der Waals surface area (Å²) in [5.74, 6) is -1.17. The summed E-state index contributed by atoms with van der Waals surface area (Å²) >= 11 is 0. The molecule has 3 N–H and O–H groups in total. The Kier molecular flexibility index (Phi) is 4.02. The van der Waals surface area contributed by atoms with Gasteiger partial charge >= 0.3 is 5.97 Å². The van der Waals surface area contributed by atoms with Crippen molar-refractivity contribution >= 4 is 11.7 Å². The summed E-state index contributed by atoms with van der Waals surface area (Å²) in [6.45, 7) is 0. The van der Waals surface area contributed by atoms with E-state index in [1.807, 2.05) is 0 Å². The number of nitro benzene ring substituents is 1. The van der Waals surface area contributed by atoms with E-state index in [4.69, 9.17) is 15.2 Å². The first kappa shape index (κ1) is 16.3. The minimum absolute atomic E-state index is 0.0180. The van der Waals surface area contributed by atoms with E-state index in [0.29, 0.717) is 16.9 Å². The third-order valence-corrected chi connectivity index (χ3v) is 3.92. The predicted molar refractivity (Wildman–Crippen MR) is 86.9 cm³/mol. The highest BCUT2D eigenvalue weighted by Crippen LogP contribution is 2.44. The SMILES string of the molecule is COC(=O)C1=C(N)Oc2cc(O)ccc2C1c1ccc([N+](=O)[O-])cc1. The van der Waals surface area contributed by atoms with Crippen molar-refractivity contribution in [2.45, 2.75) is 5.92 Å². The quantitative estimate of drug-likeness (QED) is 0.497. The van der Waals surface area contributed by atoms with Crippen LogP contribution in [0.25, 0.3) is 0 Å². The van der Waals surface area contributed by atoms with Gasteiger partial charge in [-0.25, -0.2) is 4.79 Å². The van der Waals surface area contributed by atoms with Crippen LogP contribution >= 0.6 is 0 Å². The second-order valence-electron chi connectivity index (χ2n) is 5.38. The number of nitrogens with two attached hydrogens (primary N) is 1. The van der Waals surface area contributed by atoms with Crippen molar-refractivity contribution in [1.82, 2.24) is 0 Å². The van der Waals surface area contributed by atoms with Gasteiger partial charge in [-0.05, 0) is 11.6 Å². The molecule has 128 valence electrons. The Bertz CT molecular complexity index is 889. The number of phenols is 1. The van der Waals surface area contributed by atoms with Crippen molar-refractivity contribution in [3.05, 3.63) is 75.2 Å². The average molecular weight is 342 g/mol. The molecule has 1 aliphatic rings. The van der Waals surface area contributed by atoms with Gasteiger partial charge in [-0.15, -0.1) is 0 Å². The van der Waals surface area contributed by atoms with Crippen LogP contribution in [-0.4, -0.2) is 23.1 Å². The largest absolute Gasteiger partial charge is 0.508 e. The van der Waals surface area contributed by atoms with Gasteiger partial charge in [-0.1, -0.05) is 18.2 Å². The maximum absolute atomic E-state index is 12.2. The van der Waals surface area contributed by atoms with Gasteiger partial charge < -0.3 is 20.3 Å². The second kappa shape index (κ2) is 6.16. The molecule has 8 nitrogen and oxygen atoms in total. The molecule has 0 radical (unpaired) electrons. The lowest BCUT2D eigenvalue weighted by atomic mass is 9.83. The molecule has 0 saturated heterocycles. The summed E-state index contributed by atoms with van der Waals surface area (Å²) in [4.78, 5) is 22.6. The lowest BCUT2D eigenvalue weighted by Gasteiger charge is -2.28. The van der Waals surface area contributed by atoms with E-state index in [1.165, 1.54) is 31.4 Å². The van der Waals surface area contributed by atoms with Crippen molar-refractivity contribution < 1.29 is 24.3 Å². The number of hydrogen-bond acceptors (Lipinski definition) is 7. The second-order valence-corrected chi connectivity index (χ2v) is 5.38. The monoisotopic (exact) mass is 342 g/mol. The number of benzene rings is 2. The first-order chi connectivity index (χ1) is 11.9. The molecule has 0 fully saturated rings.